The van der Waals surface area contributed by atoms with Crippen LogP contribution in [0.5, 0.6) is 11.5 Å². The number of benzene rings is 2. The molecule has 5 heteroatoms. The van der Waals surface area contributed by atoms with Crippen LogP contribution < -0.4 is 14.8 Å². The fraction of sp³-hybridized carbons (Fsp3) is 0.318. The smallest absolute Gasteiger partial charge is 0.244 e. The van der Waals surface area contributed by atoms with Crippen molar-refractivity contribution in [2.45, 2.75) is 13.0 Å². The highest BCUT2D eigenvalue weighted by atomic mass is 16.5. The van der Waals surface area contributed by atoms with Gasteiger partial charge in [-0.25, -0.2) is 0 Å². The molecule has 2 rings (SSSR count). The van der Waals surface area contributed by atoms with Gasteiger partial charge in [-0.1, -0.05) is 36.4 Å². The molecule has 1 amide bonds. The molecule has 0 fully saturated rings. The molecule has 0 bridgehead atoms. The number of methoxy groups -OCH3 is 2. The monoisotopic (exact) mass is 368 g/mol. The Morgan fingerprint density at radius 1 is 1.07 bits per heavy atom. The van der Waals surface area contributed by atoms with Crippen molar-refractivity contribution < 1.29 is 14.3 Å². The molecular formula is C22H28N2O3. The maximum atomic E-state index is 12.4. The van der Waals surface area contributed by atoms with E-state index in [2.05, 4.69) is 10.2 Å². The Labute approximate surface area is 161 Å². The van der Waals surface area contributed by atoms with Crippen LogP contribution in [-0.4, -0.2) is 45.7 Å². The number of allylic oxidation sites excluding steroid dienone is 1. The molecule has 0 aliphatic carbocycles. The van der Waals surface area contributed by atoms with Crippen molar-refractivity contribution in [2.24, 2.45) is 0 Å². The van der Waals surface area contributed by atoms with E-state index in [1.807, 2.05) is 69.6 Å². The van der Waals surface area contributed by atoms with E-state index in [0.717, 1.165) is 16.7 Å². The third kappa shape index (κ3) is 5.59. The number of rotatable bonds is 8. The summed E-state index contributed by atoms with van der Waals surface area (Å²) in [5.41, 5.74) is 3.01. The van der Waals surface area contributed by atoms with Crippen LogP contribution in [0.3, 0.4) is 0 Å². The van der Waals surface area contributed by atoms with E-state index < -0.39 is 0 Å². The molecule has 2 aromatic carbocycles. The van der Waals surface area contributed by atoms with Gasteiger partial charge in [0.25, 0.3) is 0 Å². The van der Waals surface area contributed by atoms with Crippen LogP contribution in [-0.2, 0) is 4.79 Å². The molecule has 0 radical (unpaired) electrons. The molecular weight excluding hydrogens is 340 g/mol. The highest BCUT2D eigenvalue weighted by Crippen LogP contribution is 2.31. The van der Waals surface area contributed by atoms with Gasteiger partial charge in [-0.15, -0.1) is 0 Å². The van der Waals surface area contributed by atoms with E-state index in [0.29, 0.717) is 18.0 Å². The van der Waals surface area contributed by atoms with Crippen LogP contribution in [0.25, 0.3) is 5.57 Å². The normalized spacial score (nSPS) is 12.6. The number of hydrogen-bond donors (Lipinski definition) is 1. The quantitative estimate of drug-likeness (QED) is 0.724. The first-order valence-electron chi connectivity index (χ1n) is 8.86. The van der Waals surface area contributed by atoms with Crippen LogP contribution in [0.2, 0.25) is 0 Å². The van der Waals surface area contributed by atoms with Crippen molar-refractivity contribution in [3.05, 3.63) is 65.7 Å². The standard InChI is InChI=1S/C22H28N2O3/c1-16(17-9-7-6-8-10-17)13-22(25)23-15-19(24(2)3)18-11-12-20(26-4)21(14-18)27-5/h6-14,19H,15H2,1-5H3,(H,23,25)/b16-13+. The first-order chi connectivity index (χ1) is 13.0. The second-order valence-corrected chi connectivity index (χ2v) is 6.53. The third-order valence-electron chi connectivity index (χ3n) is 4.46. The van der Waals surface area contributed by atoms with Crippen molar-refractivity contribution in [1.82, 2.24) is 10.2 Å². The summed E-state index contributed by atoms with van der Waals surface area (Å²) in [5.74, 6) is 1.25. The molecule has 0 saturated heterocycles. The zero-order chi connectivity index (χ0) is 19.8. The van der Waals surface area contributed by atoms with Crippen LogP contribution in [0.4, 0.5) is 0 Å². The number of ether oxygens (including phenoxy) is 2. The SMILES string of the molecule is COc1ccc(C(CNC(=O)/C=C(\C)c2ccccc2)N(C)C)cc1OC. The van der Waals surface area contributed by atoms with Crippen LogP contribution in [0.15, 0.2) is 54.6 Å². The first kappa shape index (κ1) is 20.5. The van der Waals surface area contributed by atoms with Crippen molar-refractivity contribution in [3.8, 4) is 11.5 Å². The van der Waals surface area contributed by atoms with Crippen molar-refractivity contribution in [3.63, 3.8) is 0 Å². The van der Waals surface area contributed by atoms with Crippen molar-refractivity contribution >= 4 is 11.5 Å². The van der Waals surface area contributed by atoms with Crippen LogP contribution >= 0.6 is 0 Å². The summed E-state index contributed by atoms with van der Waals surface area (Å²) in [5, 5.41) is 3.00. The second-order valence-electron chi connectivity index (χ2n) is 6.53. The summed E-state index contributed by atoms with van der Waals surface area (Å²) in [6, 6.07) is 15.7. The lowest BCUT2D eigenvalue weighted by atomic mass is 10.0. The molecule has 0 aliphatic heterocycles. The molecule has 144 valence electrons. The molecule has 0 heterocycles. The summed E-state index contributed by atoms with van der Waals surface area (Å²) in [6.07, 6.45) is 1.64. The van der Waals surface area contributed by atoms with Gasteiger partial charge in [0.1, 0.15) is 0 Å². The predicted octanol–water partition coefficient (Wildman–Crippen LogP) is 3.53. The van der Waals surface area contributed by atoms with Gasteiger partial charge in [-0.2, -0.15) is 0 Å². The van der Waals surface area contributed by atoms with Gasteiger partial charge in [-0.05, 0) is 49.9 Å². The Kier molecular flexibility index (Phi) is 7.44. The van der Waals surface area contributed by atoms with E-state index in [1.54, 1.807) is 20.3 Å². The van der Waals surface area contributed by atoms with Gasteiger partial charge < -0.3 is 19.7 Å². The highest BCUT2D eigenvalue weighted by molar-refractivity contribution is 5.94. The molecule has 1 N–H and O–H groups in total. The van der Waals surface area contributed by atoms with Gasteiger partial charge in [0.05, 0.1) is 20.3 Å². The van der Waals surface area contributed by atoms with Gasteiger partial charge in [0.2, 0.25) is 5.91 Å². The minimum Gasteiger partial charge on any atom is -0.493 e. The summed E-state index contributed by atoms with van der Waals surface area (Å²) in [6.45, 7) is 2.42. The number of hydrogen-bond acceptors (Lipinski definition) is 4. The molecule has 0 spiro atoms. The number of carbonyl (C=O) groups is 1. The fourth-order valence-corrected chi connectivity index (χ4v) is 2.89. The Balaban J connectivity index is 2.10. The van der Waals surface area contributed by atoms with Gasteiger partial charge >= 0.3 is 0 Å². The van der Waals surface area contributed by atoms with E-state index in [9.17, 15) is 4.79 Å². The average molecular weight is 368 g/mol. The zero-order valence-electron chi connectivity index (χ0n) is 16.7. The maximum Gasteiger partial charge on any atom is 0.244 e. The molecule has 5 nitrogen and oxygen atoms in total. The molecule has 27 heavy (non-hydrogen) atoms. The van der Waals surface area contributed by atoms with Crippen LogP contribution in [0.1, 0.15) is 24.1 Å². The van der Waals surface area contributed by atoms with E-state index in [1.165, 1.54) is 0 Å². The fourth-order valence-electron chi connectivity index (χ4n) is 2.89. The number of carbonyl (C=O) groups excluding carboxylic acids is 1. The Morgan fingerprint density at radius 3 is 2.33 bits per heavy atom. The number of likely N-dealkylation sites (N-methyl/N-ethyl adjacent to an activating group) is 1. The molecule has 1 atom stereocenters. The second kappa shape index (κ2) is 9.78. The zero-order valence-corrected chi connectivity index (χ0v) is 16.7. The topological polar surface area (TPSA) is 50.8 Å². The maximum absolute atomic E-state index is 12.4. The predicted molar refractivity (Wildman–Crippen MR) is 109 cm³/mol. The lowest BCUT2D eigenvalue weighted by Crippen LogP contribution is -2.33. The molecule has 0 aromatic heterocycles. The first-order valence-corrected chi connectivity index (χ1v) is 8.86. The number of amides is 1. The minimum absolute atomic E-state index is 0.0131. The van der Waals surface area contributed by atoms with E-state index >= 15 is 0 Å². The molecule has 0 aliphatic rings. The Morgan fingerprint density at radius 2 is 1.74 bits per heavy atom. The van der Waals surface area contributed by atoms with Gasteiger partial charge in [0.15, 0.2) is 11.5 Å². The number of nitrogens with one attached hydrogen (secondary N) is 1. The van der Waals surface area contributed by atoms with E-state index in [-0.39, 0.29) is 11.9 Å². The Hall–Kier alpha value is -2.79. The van der Waals surface area contributed by atoms with E-state index in [4.69, 9.17) is 9.47 Å². The minimum atomic E-state index is -0.108. The summed E-state index contributed by atoms with van der Waals surface area (Å²) in [4.78, 5) is 14.4. The van der Waals surface area contributed by atoms with Crippen molar-refractivity contribution in [1.29, 1.82) is 0 Å². The lowest BCUT2D eigenvalue weighted by molar-refractivity contribution is -0.116. The Bertz CT molecular complexity index is 785. The molecule has 1 unspecified atom stereocenters. The highest BCUT2D eigenvalue weighted by Gasteiger charge is 2.17. The molecule has 2 aromatic rings. The van der Waals surface area contributed by atoms with Gasteiger partial charge in [-0.3, -0.25) is 4.79 Å². The van der Waals surface area contributed by atoms with Crippen molar-refractivity contribution in [2.75, 3.05) is 34.9 Å². The van der Waals surface area contributed by atoms with Crippen LogP contribution in [0, 0.1) is 0 Å². The summed E-state index contributed by atoms with van der Waals surface area (Å²) < 4.78 is 10.7. The average Bonchev–Trinajstić information content (AvgIpc) is 2.68. The molecule has 0 saturated carbocycles. The van der Waals surface area contributed by atoms with Gasteiger partial charge in [0, 0.05) is 12.6 Å². The third-order valence-corrected chi connectivity index (χ3v) is 4.46. The summed E-state index contributed by atoms with van der Waals surface area (Å²) in [7, 11) is 7.20. The largest absolute Gasteiger partial charge is 0.493 e. The number of nitrogens with zero attached hydrogens (tertiary/aromatic N) is 1. The summed E-state index contributed by atoms with van der Waals surface area (Å²) >= 11 is 0. The lowest BCUT2D eigenvalue weighted by Gasteiger charge is -2.25.